The van der Waals surface area contributed by atoms with Gasteiger partial charge < -0.3 is 14.8 Å². The number of hydrogen-bond acceptors (Lipinski definition) is 4. The summed E-state index contributed by atoms with van der Waals surface area (Å²) in [5.74, 6) is 0.0662. The third-order valence-electron chi connectivity index (χ3n) is 4.43. The van der Waals surface area contributed by atoms with E-state index in [2.05, 4.69) is 5.32 Å². The van der Waals surface area contributed by atoms with Crippen molar-refractivity contribution in [2.45, 2.75) is 12.5 Å². The van der Waals surface area contributed by atoms with E-state index in [1.807, 2.05) is 48.5 Å². The molecule has 1 N–H and O–H groups in total. The Morgan fingerprint density at radius 2 is 1.63 bits per heavy atom. The fourth-order valence-corrected chi connectivity index (χ4v) is 2.91. The summed E-state index contributed by atoms with van der Waals surface area (Å²) >= 11 is 0. The number of methoxy groups -OCH3 is 2. The van der Waals surface area contributed by atoms with Crippen molar-refractivity contribution in [2.75, 3.05) is 14.2 Å². The molecule has 0 aromatic heterocycles. The summed E-state index contributed by atoms with van der Waals surface area (Å²) in [5.41, 5.74) is 1.34. The second-order valence-corrected chi connectivity index (χ2v) is 6.14. The summed E-state index contributed by atoms with van der Waals surface area (Å²) in [7, 11) is 2.92. The predicted molar refractivity (Wildman–Crippen MR) is 104 cm³/mol. The Kier molecular flexibility index (Phi) is 5.71. The highest BCUT2D eigenvalue weighted by Gasteiger charge is 2.20. The summed E-state index contributed by atoms with van der Waals surface area (Å²) in [6, 6.07) is 20.1. The maximum atomic E-state index is 12.8. The maximum absolute atomic E-state index is 12.8. The molecule has 1 amide bonds. The first-order valence-corrected chi connectivity index (χ1v) is 8.61. The van der Waals surface area contributed by atoms with Crippen LogP contribution in [0.1, 0.15) is 28.4 Å². The smallest absolute Gasteiger partial charge is 0.307 e. The van der Waals surface area contributed by atoms with E-state index in [1.54, 1.807) is 25.3 Å². The number of ether oxygens (including phenoxy) is 2. The van der Waals surface area contributed by atoms with Gasteiger partial charge in [0.1, 0.15) is 5.75 Å². The van der Waals surface area contributed by atoms with E-state index in [4.69, 9.17) is 9.47 Å². The van der Waals surface area contributed by atoms with Crippen molar-refractivity contribution in [1.82, 2.24) is 5.32 Å². The number of rotatable bonds is 6. The highest BCUT2D eigenvalue weighted by atomic mass is 16.5. The molecule has 0 fully saturated rings. The first-order chi connectivity index (χ1) is 13.1. The number of nitrogens with one attached hydrogen (secondary N) is 1. The van der Waals surface area contributed by atoms with Crippen LogP contribution in [-0.4, -0.2) is 26.1 Å². The van der Waals surface area contributed by atoms with Gasteiger partial charge in [-0.2, -0.15) is 0 Å². The highest BCUT2D eigenvalue weighted by Crippen LogP contribution is 2.22. The predicted octanol–water partition coefficient (Wildman–Crippen LogP) is 3.88. The van der Waals surface area contributed by atoms with Crippen LogP contribution >= 0.6 is 0 Å². The lowest BCUT2D eigenvalue weighted by Gasteiger charge is -2.19. The average molecular weight is 363 g/mol. The molecular weight excluding hydrogens is 342 g/mol. The van der Waals surface area contributed by atoms with Crippen molar-refractivity contribution in [2.24, 2.45) is 0 Å². The van der Waals surface area contributed by atoms with Crippen molar-refractivity contribution in [1.29, 1.82) is 0 Å². The van der Waals surface area contributed by atoms with E-state index in [0.29, 0.717) is 11.3 Å². The third kappa shape index (κ3) is 4.44. The second kappa shape index (κ2) is 8.36. The van der Waals surface area contributed by atoms with E-state index >= 15 is 0 Å². The molecule has 1 unspecified atom stereocenters. The summed E-state index contributed by atoms with van der Waals surface area (Å²) < 4.78 is 9.94. The molecule has 3 rings (SSSR count). The van der Waals surface area contributed by atoms with E-state index in [9.17, 15) is 9.59 Å². The highest BCUT2D eigenvalue weighted by molar-refractivity contribution is 5.98. The molecule has 0 radical (unpaired) electrons. The van der Waals surface area contributed by atoms with Crippen LogP contribution in [-0.2, 0) is 9.53 Å². The van der Waals surface area contributed by atoms with Crippen molar-refractivity contribution < 1.29 is 19.1 Å². The average Bonchev–Trinajstić information content (AvgIpc) is 2.72. The van der Waals surface area contributed by atoms with Crippen LogP contribution in [0.2, 0.25) is 0 Å². The van der Waals surface area contributed by atoms with Crippen LogP contribution < -0.4 is 10.1 Å². The number of fused-ring (bicyclic) bond motifs is 1. The van der Waals surface area contributed by atoms with Crippen LogP contribution in [0.5, 0.6) is 5.75 Å². The molecule has 5 nitrogen and oxygen atoms in total. The molecule has 27 heavy (non-hydrogen) atoms. The molecular formula is C22H21NO4. The van der Waals surface area contributed by atoms with Crippen LogP contribution in [0, 0.1) is 0 Å². The van der Waals surface area contributed by atoms with Gasteiger partial charge >= 0.3 is 5.97 Å². The van der Waals surface area contributed by atoms with Gasteiger partial charge in [0.05, 0.1) is 26.7 Å². The summed E-state index contributed by atoms with van der Waals surface area (Å²) in [6.07, 6.45) is 0.0438. The number of carbonyl (C=O) groups excluding carboxylic acids is 2. The van der Waals surface area contributed by atoms with Gasteiger partial charge in [-0.05, 0) is 40.6 Å². The first-order valence-electron chi connectivity index (χ1n) is 8.61. The standard InChI is InChI=1S/C22H21NO4/c1-26-19-11-9-16(10-12-19)20(14-21(24)27-2)23-22(25)18-8-7-15-5-3-4-6-17(15)13-18/h3-13,20H,14H2,1-2H3,(H,23,25). The zero-order valence-electron chi connectivity index (χ0n) is 15.3. The molecule has 0 heterocycles. The van der Waals surface area contributed by atoms with E-state index in [0.717, 1.165) is 16.3 Å². The molecule has 138 valence electrons. The molecule has 0 aliphatic carbocycles. The van der Waals surface area contributed by atoms with Gasteiger partial charge in [-0.15, -0.1) is 0 Å². The largest absolute Gasteiger partial charge is 0.497 e. The lowest BCUT2D eigenvalue weighted by molar-refractivity contribution is -0.141. The second-order valence-electron chi connectivity index (χ2n) is 6.14. The monoisotopic (exact) mass is 363 g/mol. The third-order valence-corrected chi connectivity index (χ3v) is 4.43. The Morgan fingerprint density at radius 1 is 0.926 bits per heavy atom. The number of carbonyl (C=O) groups is 2. The van der Waals surface area contributed by atoms with Gasteiger partial charge in [0.15, 0.2) is 0 Å². The molecule has 0 spiro atoms. The fraction of sp³-hybridized carbons (Fsp3) is 0.182. The Bertz CT molecular complexity index is 950. The molecule has 0 bridgehead atoms. The van der Waals surface area contributed by atoms with Gasteiger partial charge in [0.25, 0.3) is 5.91 Å². The van der Waals surface area contributed by atoms with Crippen LogP contribution in [0.3, 0.4) is 0 Å². The number of hydrogen-bond donors (Lipinski definition) is 1. The number of esters is 1. The summed E-state index contributed by atoms with van der Waals surface area (Å²) in [6.45, 7) is 0. The Labute approximate surface area is 157 Å². The molecule has 0 saturated heterocycles. The molecule has 0 saturated carbocycles. The Balaban J connectivity index is 1.84. The zero-order chi connectivity index (χ0) is 19.2. The van der Waals surface area contributed by atoms with Crippen molar-refractivity contribution in [3.63, 3.8) is 0 Å². The fourth-order valence-electron chi connectivity index (χ4n) is 2.91. The van der Waals surface area contributed by atoms with Crippen molar-refractivity contribution in [3.05, 3.63) is 77.9 Å². The van der Waals surface area contributed by atoms with Crippen LogP contribution in [0.25, 0.3) is 10.8 Å². The van der Waals surface area contributed by atoms with Crippen LogP contribution in [0.4, 0.5) is 0 Å². The number of amides is 1. The Hall–Kier alpha value is -3.34. The molecule has 5 heteroatoms. The van der Waals surface area contributed by atoms with Gasteiger partial charge in [-0.1, -0.05) is 42.5 Å². The van der Waals surface area contributed by atoms with E-state index in [1.165, 1.54) is 7.11 Å². The minimum atomic E-state index is -0.498. The molecule has 1 atom stereocenters. The van der Waals surface area contributed by atoms with Crippen molar-refractivity contribution in [3.8, 4) is 5.75 Å². The quantitative estimate of drug-likeness (QED) is 0.675. The molecule has 0 aliphatic heterocycles. The van der Waals surface area contributed by atoms with Crippen molar-refractivity contribution >= 4 is 22.6 Å². The van der Waals surface area contributed by atoms with Gasteiger partial charge in [-0.25, -0.2) is 0 Å². The lowest BCUT2D eigenvalue weighted by Crippen LogP contribution is -2.30. The number of benzene rings is 3. The van der Waals surface area contributed by atoms with Gasteiger partial charge in [0.2, 0.25) is 0 Å². The van der Waals surface area contributed by atoms with Crippen LogP contribution in [0.15, 0.2) is 66.7 Å². The minimum absolute atomic E-state index is 0.0438. The van der Waals surface area contributed by atoms with E-state index in [-0.39, 0.29) is 12.3 Å². The minimum Gasteiger partial charge on any atom is -0.497 e. The molecule has 0 aliphatic rings. The normalized spacial score (nSPS) is 11.6. The first kappa shape index (κ1) is 18.5. The molecule has 3 aromatic carbocycles. The maximum Gasteiger partial charge on any atom is 0.307 e. The SMILES string of the molecule is COC(=O)CC(NC(=O)c1ccc2ccccc2c1)c1ccc(OC)cc1. The topological polar surface area (TPSA) is 64.6 Å². The zero-order valence-corrected chi connectivity index (χ0v) is 15.3. The van der Waals surface area contributed by atoms with Gasteiger partial charge in [0, 0.05) is 5.56 Å². The Morgan fingerprint density at radius 3 is 2.30 bits per heavy atom. The summed E-state index contributed by atoms with van der Waals surface area (Å²) in [5, 5.41) is 4.99. The summed E-state index contributed by atoms with van der Waals surface area (Å²) in [4.78, 5) is 24.6. The molecule has 3 aromatic rings. The van der Waals surface area contributed by atoms with E-state index < -0.39 is 12.0 Å². The van der Waals surface area contributed by atoms with Gasteiger partial charge in [-0.3, -0.25) is 9.59 Å². The lowest BCUT2D eigenvalue weighted by atomic mass is 10.0.